The van der Waals surface area contributed by atoms with Gasteiger partial charge in [0.2, 0.25) is 0 Å². The Labute approximate surface area is 205 Å². The van der Waals surface area contributed by atoms with Crippen LogP contribution in [0.2, 0.25) is 0 Å². The molecule has 4 heterocycles. The van der Waals surface area contributed by atoms with Gasteiger partial charge in [-0.15, -0.1) is 0 Å². The summed E-state index contributed by atoms with van der Waals surface area (Å²) in [4.78, 5) is 13.4. The van der Waals surface area contributed by atoms with Crippen molar-refractivity contribution >= 4 is 29.6 Å². The van der Waals surface area contributed by atoms with E-state index in [2.05, 4.69) is 15.0 Å². The van der Waals surface area contributed by atoms with Gasteiger partial charge in [0.25, 0.3) is 6.01 Å². The van der Waals surface area contributed by atoms with Gasteiger partial charge in [-0.2, -0.15) is 15.0 Å². The second-order valence-corrected chi connectivity index (χ2v) is 9.69. The number of hydrogen-bond donors (Lipinski definition) is 1. The average Bonchev–Trinajstić information content (AvgIpc) is 3.35. The van der Waals surface area contributed by atoms with Crippen molar-refractivity contribution in [3.63, 3.8) is 0 Å². The number of fused-ring (bicyclic) bond motifs is 1. The third-order valence-electron chi connectivity index (χ3n) is 6.85. The molecule has 1 aromatic carbocycles. The molecule has 186 valence electrons. The molecule has 0 saturated carbocycles. The second kappa shape index (κ2) is 9.64. The van der Waals surface area contributed by atoms with E-state index in [1.807, 2.05) is 49.6 Å². The number of nitrogens with zero attached hydrogens (tertiary/aromatic N) is 4. The molecule has 2 N–H and O–H groups in total. The fraction of sp³-hybridized carbons (Fsp3) is 0.542. The maximum Gasteiger partial charge on any atom is 0.494 e. The van der Waals surface area contributed by atoms with Crippen molar-refractivity contribution in [2.75, 3.05) is 32.7 Å². The highest BCUT2D eigenvalue weighted by Gasteiger charge is 2.43. The van der Waals surface area contributed by atoms with E-state index in [0.717, 1.165) is 37.1 Å². The van der Waals surface area contributed by atoms with Crippen LogP contribution in [-0.4, -0.2) is 65.3 Å². The van der Waals surface area contributed by atoms with Crippen LogP contribution in [0, 0.1) is 5.92 Å². The number of methoxy groups -OCH3 is 1. The van der Waals surface area contributed by atoms with Gasteiger partial charge in [0.15, 0.2) is 17.0 Å². The average molecular weight is 481 g/mol. The lowest BCUT2D eigenvalue weighted by molar-refractivity contribution is 0.0483. The minimum Gasteiger partial charge on any atom is -0.468 e. The number of imidazole rings is 1. The molecule has 0 amide bonds. The molecule has 10 nitrogen and oxygen atoms in total. The maximum atomic E-state index is 6.21. The van der Waals surface area contributed by atoms with Crippen LogP contribution in [0.3, 0.4) is 0 Å². The SMILES string of the molecule is COc1nc2c(N)nc(OCC3CCOCC3)nc2n1Cc1ccc(B2OC(C)C(C)(C)O2)cc1. The summed E-state index contributed by atoms with van der Waals surface area (Å²) in [7, 11) is 1.20. The van der Waals surface area contributed by atoms with Crippen molar-refractivity contribution < 1.29 is 23.5 Å². The first-order valence-electron chi connectivity index (χ1n) is 12.0. The van der Waals surface area contributed by atoms with Crippen LogP contribution in [0.15, 0.2) is 24.3 Å². The van der Waals surface area contributed by atoms with Crippen molar-refractivity contribution in [1.29, 1.82) is 0 Å². The second-order valence-electron chi connectivity index (χ2n) is 9.69. The Kier molecular flexibility index (Phi) is 6.56. The van der Waals surface area contributed by atoms with Gasteiger partial charge in [0, 0.05) is 13.2 Å². The van der Waals surface area contributed by atoms with Crippen molar-refractivity contribution in [3.8, 4) is 12.0 Å². The molecule has 5 rings (SSSR count). The zero-order valence-electron chi connectivity index (χ0n) is 20.7. The van der Waals surface area contributed by atoms with E-state index in [4.69, 9.17) is 29.3 Å². The van der Waals surface area contributed by atoms with Gasteiger partial charge in [0.05, 0.1) is 32.0 Å². The van der Waals surface area contributed by atoms with Gasteiger partial charge in [0.1, 0.15) is 0 Å². The highest BCUT2D eigenvalue weighted by atomic mass is 16.7. The predicted octanol–water partition coefficient (Wildman–Crippen LogP) is 2.18. The first kappa shape index (κ1) is 23.8. The normalized spacial score (nSPS) is 20.5. The van der Waals surface area contributed by atoms with E-state index >= 15 is 0 Å². The van der Waals surface area contributed by atoms with Gasteiger partial charge >= 0.3 is 13.1 Å². The lowest BCUT2D eigenvalue weighted by Gasteiger charge is -2.21. The summed E-state index contributed by atoms with van der Waals surface area (Å²) in [6, 6.07) is 8.77. The molecular formula is C24H32BN5O5. The number of benzene rings is 1. The van der Waals surface area contributed by atoms with Gasteiger partial charge in [-0.25, -0.2) is 0 Å². The number of anilines is 1. The maximum absolute atomic E-state index is 6.21. The summed E-state index contributed by atoms with van der Waals surface area (Å²) in [5, 5.41) is 0. The molecule has 0 spiro atoms. The number of nitrogens with two attached hydrogens (primary N) is 1. The first-order valence-corrected chi connectivity index (χ1v) is 12.0. The summed E-state index contributed by atoms with van der Waals surface area (Å²) in [6.07, 6.45) is 1.95. The van der Waals surface area contributed by atoms with E-state index < -0.39 is 0 Å². The van der Waals surface area contributed by atoms with Crippen LogP contribution in [0.4, 0.5) is 5.82 Å². The highest BCUT2D eigenvalue weighted by Crippen LogP contribution is 2.28. The van der Waals surface area contributed by atoms with Crippen LogP contribution in [0.25, 0.3) is 11.2 Å². The quantitative estimate of drug-likeness (QED) is 0.507. The molecule has 0 radical (unpaired) electrons. The van der Waals surface area contributed by atoms with Crippen molar-refractivity contribution in [2.45, 2.75) is 51.9 Å². The van der Waals surface area contributed by atoms with Crippen LogP contribution in [0.5, 0.6) is 12.0 Å². The monoisotopic (exact) mass is 481 g/mol. The Bertz CT molecular complexity index is 1180. The Morgan fingerprint density at radius 1 is 1.14 bits per heavy atom. The first-order chi connectivity index (χ1) is 16.8. The minimum atomic E-state index is -0.374. The van der Waals surface area contributed by atoms with Crippen LogP contribution in [0.1, 0.15) is 39.2 Å². The van der Waals surface area contributed by atoms with Crippen LogP contribution < -0.4 is 20.7 Å². The van der Waals surface area contributed by atoms with Gasteiger partial charge in [-0.05, 0) is 50.6 Å². The molecule has 35 heavy (non-hydrogen) atoms. The van der Waals surface area contributed by atoms with Crippen molar-refractivity contribution in [3.05, 3.63) is 29.8 Å². The van der Waals surface area contributed by atoms with E-state index in [1.54, 1.807) is 7.11 Å². The van der Waals surface area contributed by atoms with E-state index in [-0.39, 0.29) is 30.7 Å². The summed E-state index contributed by atoms with van der Waals surface area (Å²) >= 11 is 0. The van der Waals surface area contributed by atoms with Crippen molar-refractivity contribution in [2.24, 2.45) is 5.92 Å². The number of nitrogen functional groups attached to an aromatic ring is 1. The molecule has 2 aliphatic heterocycles. The fourth-order valence-electron chi connectivity index (χ4n) is 4.31. The van der Waals surface area contributed by atoms with Gasteiger partial charge in [-0.3, -0.25) is 4.57 Å². The Morgan fingerprint density at radius 2 is 1.89 bits per heavy atom. The number of aromatic nitrogens is 4. The zero-order chi connectivity index (χ0) is 24.6. The number of rotatable bonds is 7. The fourth-order valence-corrected chi connectivity index (χ4v) is 4.31. The molecule has 1 unspecified atom stereocenters. The summed E-state index contributed by atoms with van der Waals surface area (Å²) in [5.74, 6) is 0.681. The lowest BCUT2D eigenvalue weighted by atomic mass is 9.79. The largest absolute Gasteiger partial charge is 0.494 e. The minimum absolute atomic E-state index is 0.0155. The molecule has 2 aromatic heterocycles. The molecule has 1 atom stereocenters. The summed E-state index contributed by atoms with van der Waals surface area (Å²) < 4.78 is 30.8. The zero-order valence-corrected chi connectivity index (χ0v) is 20.7. The number of hydrogen-bond acceptors (Lipinski definition) is 9. The Morgan fingerprint density at radius 3 is 2.54 bits per heavy atom. The standard InChI is InChI=1S/C24H32BN5O5/c1-15-24(2,3)35-25(34-15)18-7-5-16(6-8-18)13-30-21-19(27-23(30)31-4)20(26)28-22(29-21)33-14-17-9-11-32-12-10-17/h5-8,15,17H,9-14H2,1-4H3,(H2,26,28,29). The smallest absolute Gasteiger partial charge is 0.468 e. The Hall–Kier alpha value is -2.89. The van der Waals surface area contributed by atoms with E-state index in [1.165, 1.54) is 0 Å². The molecule has 0 aliphatic carbocycles. The Balaban J connectivity index is 1.36. The molecule has 11 heteroatoms. The third-order valence-corrected chi connectivity index (χ3v) is 6.85. The predicted molar refractivity (Wildman–Crippen MR) is 132 cm³/mol. The van der Waals surface area contributed by atoms with Gasteiger partial charge < -0.3 is 29.3 Å². The molecule has 0 bridgehead atoms. The molecule has 2 aliphatic rings. The molecular weight excluding hydrogens is 449 g/mol. The van der Waals surface area contributed by atoms with E-state index in [9.17, 15) is 0 Å². The van der Waals surface area contributed by atoms with E-state index in [0.29, 0.717) is 36.2 Å². The molecule has 2 saturated heterocycles. The van der Waals surface area contributed by atoms with Crippen LogP contribution >= 0.6 is 0 Å². The molecule has 2 fully saturated rings. The van der Waals surface area contributed by atoms with Crippen molar-refractivity contribution in [1.82, 2.24) is 19.5 Å². The lowest BCUT2D eigenvalue weighted by Crippen LogP contribution is -2.34. The van der Waals surface area contributed by atoms with Crippen LogP contribution in [-0.2, 0) is 20.6 Å². The molecule has 3 aromatic rings. The highest BCUT2D eigenvalue weighted by molar-refractivity contribution is 6.62. The number of ether oxygens (including phenoxy) is 3. The summed E-state index contributed by atoms with van der Waals surface area (Å²) in [6.45, 7) is 8.64. The van der Waals surface area contributed by atoms with Gasteiger partial charge in [-0.1, -0.05) is 24.3 Å². The topological polar surface area (TPSA) is 116 Å². The third kappa shape index (κ3) is 4.93. The summed E-state index contributed by atoms with van der Waals surface area (Å²) in [5.41, 5.74) is 8.96.